The minimum absolute atomic E-state index is 0.119. The fourth-order valence-electron chi connectivity index (χ4n) is 4.30. The van der Waals surface area contributed by atoms with Crippen LogP contribution >= 0.6 is 11.3 Å². The lowest BCUT2D eigenvalue weighted by atomic mass is 9.77. The van der Waals surface area contributed by atoms with Crippen molar-refractivity contribution >= 4 is 23.2 Å². The highest BCUT2D eigenvalue weighted by Gasteiger charge is 2.42. The number of aromatic nitrogens is 1. The standard InChI is InChI=1S/C17H25N3O2S.C2HF3O2/c21-16(15-11-23-13-18-15)20-7-4-17(12-20)2-5-19(6-3-17)9-14-1-8-22-10-14;3-2(4,5)1(6)7/h11,13-14H,1-10,12H2;(H,6,7). The number of rotatable bonds is 3. The zero-order valence-corrected chi connectivity index (χ0v) is 17.4. The van der Waals surface area contributed by atoms with Gasteiger partial charge in [-0.05, 0) is 50.1 Å². The largest absolute Gasteiger partial charge is 0.490 e. The van der Waals surface area contributed by atoms with Crippen molar-refractivity contribution in [3.05, 3.63) is 16.6 Å². The van der Waals surface area contributed by atoms with Crippen LogP contribution < -0.4 is 0 Å². The number of hydrogen-bond donors (Lipinski definition) is 1. The molecule has 168 valence electrons. The van der Waals surface area contributed by atoms with Crippen LogP contribution in [-0.4, -0.2) is 83.9 Å². The summed E-state index contributed by atoms with van der Waals surface area (Å²) in [5.41, 5.74) is 2.71. The Labute approximate surface area is 176 Å². The van der Waals surface area contributed by atoms with Gasteiger partial charge in [0.2, 0.25) is 0 Å². The summed E-state index contributed by atoms with van der Waals surface area (Å²) in [6.07, 6.45) is -0.260. The number of halogens is 3. The van der Waals surface area contributed by atoms with E-state index >= 15 is 0 Å². The number of likely N-dealkylation sites (tertiary alicyclic amines) is 2. The SMILES string of the molecule is O=C(O)C(F)(F)F.O=C(c1cscn1)N1CCC2(CCN(CC3CCOC3)CC2)C1. The number of amides is 1. The average molecular weight is 449 g/mol. The molecule has 0 aromatic carbocycles. The van der Waals surface area contributed by atoms with Crippen LogP contribution in [0.3, 0.4) is 0 Å². The second-order valence-corrected chi connectivity index (χ2v) is 8.90. The zero-order valence-electron chi connectivity index (χ0n) is 16.6. The first kappa shape index (κ1) is 23.0. The van der Waals surface area contributed by atoms with Gasteiger partial charge in [-0.25, -0.2) is 9.78 Å². The summed E-state index contributed by atoms with van der Waals surface area (Å²) < 4.78 is 37.2. The molecule has 0 radical (unpaired) electrons. The summed E-state index contributed by atoms with van der Waals surface area (Å²) in [4.78, 5) is 30.2. The highest BCUT2D eigenvalue weighted by Crippen LogP contribution is 2.41. The lowest BCUT2D eigenvalue weighted by Crippen LogP contribution is -2.43. The zero-order chi connectivity index (χ0) is 21.8. The molecule has 1 aromatic rings. The number of piperidine rings is 1. The number of alkyl halides is 3. The molecule has 1 atom stereocenters. The molecule has 30 heavy (non-hydrogen) atoms. The second kappa shape index (κ2) is 9.61. The molecule has 1 spiro atoms. The van der Waals surface area contributed by atoms with Gasteiger partial charge in [0, 0.05) is 31.6 Å². The van der Waals surface area contributed by atoms with Gasteiger partial charge in [-0.3, -0.25) is 4.79 Å². The fraction of sp³-hybridized carbons (Fsp3) is 0.737. The van der Waals surface area contributed by atoms with Gasteiger partial charge in [0.1, 0.15) is 5.69 Å². The molecule has 0 saturated carbocycles. The first-order valence-corrected chi connectivity index (χ1v) is 10.9. The van der Waals surface area contributed by atoms with Crippen molar-refractivity contribution in [2.75, 3.05) is 45.9 Å². The van der Waals surface area contributed by atoms with E-state index in [1.807, 2.05) is 10.3 Å². The Bertz CT molecular complexity index is 715. The van der Waals surface area contributed by atoms with E-state index in [2.05, 4.69) is 9.88 Å². The van der Waals surface area contributed by atoms with Gasteiger partial charge in [0.25, 0.3) is 5.91 Å². The van der Waals surface area contributed by atoms with E-state index in [1.54, 1.807) is 5.51 Å². The van der Waals surface area contributed by atoms with Crippen LogP contribution in [-0.2, 0) is 9.53 Å². The normalized spacial score (nSPS) is 24.0. The van der Waals surface area contributed by atoms with Crippen LogP contribution in [0.5, 0.6) is 0 Å². The van der Waals surface area contributed by atoms with E-state index < -0.39 is 12.1 Å². The maximum absolute atomic E-state index is 12.5. The molecule has 3 saturated heterocycles. The Morgan fingerprint density at radius 2 is 1.93 bits per heavy atom. The lowest BCUT2D eigenvalue weighted by molar-refractivity contribution is -0.192. The molecule has 1 amide bonds. The molecular weight excluding hydrogens is 423 g/mol. The maximum Gasteiger partial charge on any atom is 0.490 e. The molecule has 7 nitrogen and oxygen atoms in total. The summed E-state index contributed by atoms with van der Waals surface area (Å²) in [5, 5.41) is 8.99. The quantitative estimate of drug-likeness (QED) is 0.764. The third-order valence-corrected chi connectivity index (χ3v) is 6.66. The molecular formula is C19H26F3N3O4S. The number of carbonyl (C=O) groups is 2. The van der Waals surface area contributed by atoms with Gasteiger partial charge in [0.05, 0.1) is 12.1 Å². The van der Waals surface area contributed by atoms with Gasteiger partial charge < -0.3 is 19.6 Å². The molecule has 3 aliphatic heterocycles. The van der Waals surface area contributed by atoms with Crippen LogP contribution in [0.2, 0.25) is 0 Å². The number of carboxylic acids is 1. The van der Waals surface area contributed by atoms with Crippen molar-refractivity contribution in [1.29, 1.82) is 0 Å². The predicted octanol–water partition coefficient (Wildman–Crippen LogP) is 2.74. The van der Waals surface area contributed by atoms with E-state index in [9.17, 15) is 18.0 Å². The van der Waals surface area contributed by atoms with Crippen LogP contribution in [0.1, 0.15) is 36.2 Å². The third-order valence-electron chi connectivity index (χ3n) is 6.08. The van der Waals surface area contributed by atoms with Crippen LogP contribution in [0, 0.1) is 11.3 Å². The van der Waals surface area contributed by atoms with Crippen molar-refractivity contribution in [1.82, 2.24) is 14.8 Å². The Balaban J connectivity index is 0.000000318. The molecule has 4 heterocycles. The topological polar surface area (TPSA) is 83.0 Å². The van der Waals surface area contributed by atoms with E-state index in [4.69, 9.17) is 14.6 Å². The molecule has 3 fully saturated rings. The molecule has 1 aromatic heterocycles. The third kappa shape index (κ3) is 5.92. The molecule has 4 rings (SSSR count). The first-order chi connectivity index (χ1) is 14.2. The Morgan fingerprint density at radius 3 is 2.47 bits per heavy atom. The monoisotopic (exact) mass is 449 g/mol. The molecule has 0 bridgehead atoms. The Kier molecular flexibility index (Phi) is 7.35. The predicted molar refractivity (Wildman–Crippen MR) is 103 cm³/mol. The second-order valence-electron chi connectivity index (χ2n) is 8.18. The number of aliphatic carboxylic acids is 1. The van der Waals surface area contributed by atoms with E-state index in [0.29, 0.717) is 11.1 Å². The van der Waals surface area contributed by atoms with Gasteiger partial charge in [-0.15, -0.1) is 11.3 Å². The summed E-state index contributed by atoms with van der Waals surface area (Å²) in [7, 11) is 0. The summed E-state index contributed by atoms with van der Waals surface area (Å²) in [6, 6.07) is 0. The maximum atomic E-state index is 12.5. The van der Waals surface area contributed by atoms with Crippen molar-refractivity contribution in [3.63, 3.8) is 0 Å². The lowest BCUT2D eigenvalue weighted by Gasteiger charge is -2.40. The average Bonchev–Trinajstić information content (AvgIpc) is 3.45. The first-order valence-electron chi connectivity index (χ1n) is 9.96. The Hall–Kier alpha value is -1.72. The number of carboxylic acid groups (broad SMARTS) is 1. The molecule has 1 N–H and O–H groups in total. The van der Waals surface area contributed by atoms with E-state index in [0.717, 1.165) is 38.6 Å². The van der Waals surface area contributed by atoms with Crippen molar-refractivity contribution < 1.29 is 32.6 Å². The highest BCUT2D eigenvalue weighted by molar-refractivity contribution is 7.07. The van der Waals surface area contributed by atoms with Gasteiger partial charge in [-0.1, -0.05) is 0 Å². The van der Waals surface area contributed by atoms with Crippen LogP contribution in [0.25, 0.3) is 0 Å². The van der Waals surface area contributed by atoms with Gasteiger partial charge >= 0.3 is 12.1 Å². The Morgan fingerprint density at radius 1 is 1.27 bits per heavy atom. The molecule has 1 unspecified atom stereocenters. The summed E-state index contributed by atoms with van der Waals surface area (Å²) in [6.45, 7) is 7.24. The van der Waals surface area contributed by atoms with E-state index in [1.165, 1.54) is 50.2 Å². The number of hydrogen-bond acceptors (Lipinski definition) is 6. The molecule has 3 aliphatic rings. The molecule has 11 heteroatoms. The summed E-state index contributed by atoms with van der Waals surface area (Å²) >= 11 is 1.49. The number of thiazole rings is 1. The highest BCUT2D eigenvalue weighted by atomic mass is 32.1. The minimum atomic E-state index is -5.08. The van der Waals surface area contributed by atoms with Crippen LogP contribution in [0.4, 0.5) is 13.2 Å². The number of ether oxygens (including phenoxy) is 1. The minimum Gasteiger partial charge on any atom is -0.475 e. The van der Waals surface area contributed by atoms with Crippen molar-refractivity contribution in [3.8, 4) is 0 Å². The fourth-order valence-corrected chi connectivity index (χ4v) is 4.82. The smallest absolute Gasteiger partial charge is 0.475 e. The number of carbonyl (C=O) groups excluding carboxylic acids is 1. The van der Waals surface area contributed by atoms with Crippen LogP contribution in [0.15, 0.2) is 10.9 Å². The van der Waals surface area contributed by atoms with E-state index in [-0.39, 0.29) is 5.91 Å². The summed E-state index contributed by atoms with van der Waals surface area (Å²) in [5.74, 6) is -1.91. The van der Waals surface area contributed by atoms with Crippen molar-refractivity contribution in [2.24, 2.45) is 11.3 Å². The molecule has 0 aliphatic carbocycles. The number of nitrogens with zero attached hydrogens (tertiary/aromatic N) is 3. The van der Waals surface area contributed by atoms with Crippen molar-refractivity contribution in [2.45, 2.75) is 31.9 Å². The van der Waals surface area contributed by atoms with Gasteiger partial charge in [-0.2, -0.15) is 13.2 Å². The van der Waals surface area contributed by atoms with Gasteiger partial charge in [0.15, 0.2) is 0 Å².